The van der Waals surface area contributed by atoms with Crippen LogP contribution in [0.4, 0.5) is 0 Å². The van der Waals surface area contributed by atoms with Crippen molar-refractivity contribution in [1.82, 2.24) is 10.2 Å². The van der Waals surface area contributed by atoms with E-state index in [0.29, 0.717) is 18.6 Å². The van der Waals surface area contributed by atoms with Crippen molar-refractivity contribution in [3.05, 3.63) is 0 Å². The molecular weight excluding hydrogens is 228 g/mol. The lowest BCUT2D eigenvalue weighted by Crippen LogP contribution is -2.49. The maximum Gasteiger partial charge on any atom is 0.0443 e. The molecule has 1 heterocycles. The maximum absolute atomic E-state index is 8.95. The summed E-state index contributed by atoms with van der Waals surface area (Å²) in [5.74, 6) is 0.712. The van der Waals surface area contributed by atoms with Crippen molar-refractivity contribution in [2.75, 3.05) is 39.4 Å². The molecule has 1 aliphatic rings. The van der Waals surface area contributed by atoms with E-state index < -0.39 is 0 Å². The maximum atomic E-state index is 8.95. The van der Waals surface area contributed by atoms with Crippen LogP contribution in [0, 0.1) is 5.92 Å². The first kappa shape index (κ1) is 15.9. The van der Waals surface area contributed by atoms with Crippen molar-refractivity contribution < 1.29 is 10.2 Å². The van der Waals surface area contributed by atoms with Gasteiger partial charge in [0.05, 0.1) is 0 Å². The van der Waals surface area contributed by atoms with Crippen LogP contribution in [0.2, 0.25) is 0 Å². The molecule has 0 bridgehead atoms. The van der Waals surface area contributed by atoms with E-state index >= 15 is 0 Å². The van der Waals surface area contributed by atoms with Gasteiger partial charge in [-0.05, 0) is 51.1 Å². The number of rotatable bonds is 9. The van der Waals surface area contributed by atoms with Crippen LogP contribution in [0.25, 0.3) is 0 Å². The molecular formula is C14H30N2O2. The average molecular weight is 258 g/mol. The molecule has 0 amide bonds. The normalized spacial score (nSPS) is 25.5. The van der Waals surface area contributed by atoms with Gasteiger partial charge in [0.1, 0.15) is 0 Å². The van der Waals surface area contributed by atoms with Crippen LogP contribution in [0.1, 0.15) is 39.0 Å². The Morgan fingerprint density at radius 2 is 1.94 bits per heavy atom. The zero-order valence-corrected chi connectivity index (χ0v) is 11.8. The second kappa shape index (κ2) is 9.73. The number of hydrogen-bond acceptors (Lipinski definition) is 4. The van der Waals surface area contributed by atoms with Gasteiger partial charge in [-0.15, -0.1) is 0 Å². The summed E-state index contributed by atoms with van der Waals surface area (Å²) < 4.78 is 0. The van der Waals surface area contributed by atoms with Gasteiger partial charge in [-0.25, -0.2) is 0 Å². The minimum atomic E-state index is 0.270. The Labute approximate surface area is 111 Å². The molecule has 1 fully saturated rings. The fraction of sp³-hybridized carbons (Fsp3) is 1.00. The summed E-state index contributed by atoms with van der Waals surface area (Å²) in [6, 6.07) is 0.556. The van der Waals surface area contributed by atoms with Crippen LogP contribution in [0.15, 0.2) is 0 Å². The third kappa shape index (κ3) is 6.14. The van der Waals surface area contributed by atoms with Crippen molar-refractivity contribution in [3.63, 3.8) is 0 Å². The predicted molar refractivity (Wildman–Crippen MR) is 74.7 cm³/mol. The van der Waals surface area contributed by atoms with E-state index in [9.17, 15) is 0 Å². The molecule has 1 saturated heterocycles. The van der Waals surface area contributed by atoms with Crippen LogP contribution >= 0.6 is 0 Å². The van der Waals surface area contributed by atoms with Gasteiger partial charge in [0, 0.05) is 32.3 Å². The first-order valence-corrected chi connectivity index (χ1v) is 7.47. The fourth-order valence-electron chi connectivity index (χ4n) is 2.92. The van der Waals surface area contributed by atoms with Gasteiger partial charge >= 0.3 is 0 Å². The number of nitrogens with one attached hydrogen (secondary N) is 1. The Morgan fingerprint density at radius 3 is 2.61 bits per heavy atom. The SMILES string of the molecule is CCCN1CC(CCCO)CC(NCCCO)C1. The monoisotopic (exact) mass is 258 g/mol. The van der Waals surface area contributed by atoms with E-state index in [1.54, 1.807) is 0 Å². The van der Waals surface area contributed by atoms with Gasteiger partial charge in [0.2, 0.25) is 0 Å². The zero-order valence-electron chi connectivity index (χ0n) is 11.8. The summed E-state index contributed by atoms with van der Waals surface area (Å²) in [6.07, 6.45) is 5.32. The molecule has 0 aromatic rings. The van der Waals surface area contributed by atoms with Gasteiger partial charge in [0.25, 0.3) is 0 Å². The minimum absolute atomic E-state index is 0.270. The molecule has 4 heteroatoms. The Hall–Kier alpha value is -0.160. The smallest absolute Gasteiger partial charge is 0.0443 e. The summed E-state index contributed by atoms with van der Waals surface area (Å²) in [6.45, 7) is 7.22. The molecule has 0 aliphatic carbocycles. The van der Waals surface area contributed by atoms with E-state index in [1.165, 1.54) is 25.9 Å². The van der Waals surface area contributed by atoms with E-state index in [2.05, 4.69) is 17.1 Å². The van der Waals surface area contributed by atoms with Crippen molar-refractivity contribution in [2.45, 2.75) is 45.1 Å². The van der Waals surface area contributed by atoms with E-state index in [1.807, 2.05) is 0 Å². The lowest BCUT2D eigenvalue weighted by molar-refractivity contribution is 0.129. The first-order chi connectivity index (χ1) is 8.80. The summed E-state index contributed by atoms with van der Waals surface area (Å²) in [7, 11) is 0. The Morgan fingerprint density at radius 1 is 1.17 bits per heavy atom. The van der Waals surface area contributed by atoms with E-state index in [-0.39, 0.29) is 6.61 Å². The molecule has 0 aromatic carbocycles. The molecule has 108 valence electrons. The lowest BCUT2D eigenvalue weighted by Gasteiger charge is -2.38. The largest absolute Gasteiger partial charge is 0.396 e. The standard InChI is InChI=1S/C14H30N2O2/c1-2-7-16-11-13(5-3-8-17)10-14(12-16)15-6-4-9-18/h13-15,17-18H,2-12H2,1H3. The highest BCUT2D eigenvalue weighted by Crippen LogP contribution is 2.21. The summed E-state index contributed by atoms with van der Waals surface area (Å²) >= 11 is 0. The lowest BCUT2D eigenvalue weighted by atomic mass is 9.90. The molecule has 4 nitrogen and oxygen atoms in total. The zero-order chi connectivity index (χ0) is 13.2. The molecule has 1 aliphatic heterocycles. The Balaban J connectivity index is 2.35. The third-order valence-corrected chi connectivity index (χ3v) is 3.69. The number of piperidine rings is 1. The Bertz CT molecular complexity index is 202. The van der Waals surface area contributed by atoms with Crippen LogP contribution in [-0.4, -0.2) is 60.5 Å². The number of likely N-dealkylation sites (tertiary alicyclic amines) is 1. The van der Waals surface area contributed by atoms with E-state index in [4.69, 9.17) is 10.2 Å². The first-order valence-electron chi connectivity index (χ1n) is 7.47. The van der Waals surface area contributed by atoms with Gasteiger partial charge in [0.15, 0.2) is 0 Å². The molecule has 3 N–H and O–H groups in total. The average Bonchev–Trinajstić information content (AvgIpc) is 2.37. The third-order valence-electron chi connectivity index (χ3n) is 3.69. The molecule has 18 heavy (non-hydrogen) atoms. The molecule has 0 radical (unpaired) electrons. The molecule has 0 spiro atoms. The number of aliphatic hydroxyl groups excluding tert-OH is 2. The number of hydrogen-bond donors (Lipinski definition) is 3. The van der Waals surface area contributed by atoms with Crippen molar-refractivity contribution in [3.8, 4) is 0 Å². The second-order valence-corrected chi connectivity index (χ2v) is 5.46. The molecule has 2 atom stereocenters. The van der Waals surface area contributed by atoms with Crippen LogP contribution in [0.5, 0.6) is 0 Å². The van der Waals surface area contributed by atoms with Crippen molar-refractivity contribution >= 4 is 0 Å². The van der Waals surface area contributed by atoms with Gasteiger partial charge in [-0.3, -0.25) is 0 Å². The number of nitrogens with zero attached hydrogens (tertiary/aromatic N) is 1. The molecule has 1 rings (SSSR count). The van der Waals surface area contributed by atoms with E-state index in [0.717, 1.165) is 32.4 Å². The van der Waals surface area contributed by atoms with Gasteiger partial charge in [-0.2, -0.15) is 0 Å². The van der Waals surface area contributed by atoms with Crippen molar-refractivity contribution in [2.24, 2.45) is 5.92 Å². The molecule has 2 unspecified atom stereocenters. The number of aliphatic hydroxyl groups is 2. The molecule has 0 saturated carbocycles. The second-order valence-electron chi connectivity index (χ2n) is 5.46. The summed E-state index contributed by atoms with van der Waals surface area (Å²) in [4.78, 5) is 2.54. The van der Waals surface area contributed by atoms with Crippen LogP contribution in [-0.2, 0) is 0 Å². The van der Waals surface area contributed by atoms with Crippen LogP contribution < -0.4 is 5.32 Å². The highest BCUT2D eigenvalue weighted by molar-refractivity contribution is 4.83. The molecule has 0 aromatic heterocycles. The predicted octanol–water partition coefficient (Wildman–Crippen LogP) is 0.831. The van der Waals surface area contributed by atoms with Gasteiger partial charge < -0.3 is 20.4 Å². The highest BCUT2D eigenvalue weighted by atomic mass is 16.3. The topological polar surface area (TPSA) is 55.7 Å². The quantitative estimate of drug-likeness (QED) is 0.536. The van der Waals surface area contributed by atoms with Crippen LogP contribution in [0.3, 0.4) is 0 Å². The van der Waals surface area contributed by atoms with Gasteiger partial charge in [-0.1, -0.05) is 6.92 Å². The van der Waals surface area contributed by atoms with Crippen molar-refractivity contribution in [1.29, 1.82) is 0 Å². The Kier molecular flexibility index (Phi) is 8.59. The summed E-state index contributed by atoms with van der Waals surface area (Å²) in [5.41, 5.74) is 0. The summed E-state index contributed by atoms with van der Waals surface area (Å²) in [5, 5.41) is 21.3. The fourth-order valence-corrected chi connectivity index (χ4v) is 2.92. The minimum Gasteiger partial charge on any atom is -0.396 e. The highest BCUT2D eigenvalue weighted by Gasteiger charge is 2.25.